The SMILES string of the molecule is OCc1c(Cl)cnc(C(F)F)c1I. The van der Waals surface area contributed by atoms with Crippen LogP contribution in [-0.2, 0) is 6.61 Å². The van der Waals surface area contributed by atoms with Crippen molar-refractivity contribution in [1.82, 2.24) is 4.98 Å². The summed E-state index contributed by atoms with van der Waals surface area (Å²) < 4.78 is 24.8. The lowest BCUT2D eigenvalue weighted by Crippen LogP contribution is -2.00. The highest BCUT2D eigenvalue weighted by molar-refractivity contribution is 14.1. The highest BCUT2D eigenvalue weighted by atomic mass is 127. The van der Waals surface area contributed by atoms with Crippen LogP contribution in [-0.4, -0.2) is 10.1 Å². The van der Waals surface area contributed by atoms with Crippen molar-refractivity contribution in [3.63, 3.8) is 0 Å². The molecule has 0 fully saturated rings. The predicted molar refractivity (Wildman–Crippen MR) is 52.8 cm³/mol. The summed E-state index contributed by atoms with van der Waals surface area (Å²) in [6, 6.07) is 0. The van der Waals surface area contributed by atoms with Crippen LogP contribution in [0, 0.1) is 3.57 Å². The summed E-state index contributed by atoms with van der Waals surface area (Å²) in [5.74, 6) is 0. The van der Waals surface area contributed by atoms with Gasteiger partial charge in [0, 0.05) is 15.3 Å². The van der Waals surface area contributed by atoms with Gasteiger partial charge in [0.2, 0.25) is 0 Å². The van der Waals surface area contributed by atoms with Crippen molar-refractivity contribution in [1.29, 1.82) is 0 Å². The lowest BCUT2D eigenvalue weighted by Gasteiger charge is -2.07. The van der Waals surface area contributed by atoms with Crippen molar-refractivity contribution in [2.45, 2.75) is 13.0 Å². The molecule has 1 heterocycles. The van der Waals surface area contributed by atoms with E-state index in [0.29, 0.717) is 5.56 Å². The molecule has 1 rings (SSSR count). The number of rotatable bonds is 2. The Bertz CT molecular complexity index is 322. The lowest BCUT2D eigenvalue weighted by molar-refractivity contribution is 0.144. The molecule has 0 bridgehead atoms. The second kappa shape index (κ2) is 4.47. The molecule has 0 spiro atoms. The molecule has 6 heteroatoms. The number of alkyl halides is 2. The molecule has 0 atom stereocenters. The molecule has 13 heavy (non-hydrogen) atoms. The number of aromatic nitrogens is 1. The summed E-state index contributed by atoms with van der Waals surface area (Å²) in [6.45, 7) is -0.362. The Kier molecular flexibility index (Phi) is 3.81. The molecule has 0 aliphatic carbocycles. The largest absolute Gasteiger partial charge is 0.392 e. The minimum absolute atomic E-state index is 0.205. The number of hydrogen-bond acceptors (Lipinski definition) is 2. The number of aliphatic hydroxyl groups excluding tert-OH is 1. The molecule has 0 saturated heterocycles. The van der Waals surface area contributed by atoms with E-state index in [4.69, 9.17) is 16.7 Å². The zero-order chi connectivity index (χ0) is 10.0. The molecule has 2 nitrogen and oxygen atoms in total. The Morgan fingerprint density at radius 1 is 1.62 bits per heavy atom. The van der Waals surface area contributed by atoms with Gasteiger partial charge in [0.1, 0.15) is 5.69 Å². The van der Waals surface area contributed by atoms with Gasteiger partial charge in [-0.25, -0.2) is 8.78 Å². The first-order valence-corrected chi connectivity index (χ1v) is 4.75. The fourth-order valence-electron chi connectivity index (χ4n) is 0.817. The second-order valence-electron chi connectivity index (χ2n) is 2.24. The topological polar surface area (TPSA) is 33.1 Å². The second-order valence-corrected chi connectivity index (χ2v) is 3.73. The van der Waals surface area contributed by atoms with E-state index in [-0.39, 0.29) is 20.9 Å². The van der Waals surface area contributed by atoms with Crippen LogP contribution >= 0.6 is 34.2 Å². The normalized spacial score (nSPS) is 10.9. The van der Waals surface area contributed by atoms with E-state index in [1.807, 2.05) is 0 Å². The lowest BCUT2D eigenvalue weighted by atomic mass is 10.2. The van der Waals surface area contributed by atoms with Gasteiger partial charge in [-0.1, -0.05) is 11.6 Å². The molecule has 0 aliphatic heterocycles. The van der Waals surface area contributed by atoms with Gasteiger partial charge in [0.15, 0.2) is 0 Å². The average molecular weight is 319 g/mol. The van der Waals surface area contributed by atoms with E-state index in [1.165, 1.54) is 0 Å². The fraction of sp³-hybridized carbons (Fsp3) is 0.286. The fourth-order valence-corrected chi connectivity index (χ4v) is 2.02. The van der Waals surface area contributed by atoms with E-state index < -0.39 is 6.43 Å². The zero-order valence-corrected chi connectivity index (χ0v) is 9.18. The predicted octanol–water partition coefficient (Wildman–Crippen LogP) is 2.77. The summed E-state index contributed by atoms with van der Waals surface area (Å²) in [4.78, 5) is 3.49. The van der Waals surface area contributed by atoms with Gasteiger partial charge in [-0.15, -0.1) is 0 Å². The summed E-state index contributed by atoms with van der Waals surface area (Å²) in [5, 5.41) is 9.05. The third-order valence-corrected chi connectivity index (χ3v) is 2.99. The van der Waals surface area contributed by atoms with Crippen molar-refractivity contribution < 1.29 is 13.9 Å². The summed E-state index contributed by atoms with van der Waals surface area (Å²) in [7, 11) is 0. The zero-order valence-electron chi connectivity index (χ0n) is 6.27. The van der Waals surface area contributed by atoms with Crippen LogP contribution in [0.15, 0.2) is 6.20 Å². The van der Waals surface area contributed by atoms with Crippen LogP contribution in [0.5, 0.6) is 0 Å². The average Bonchev–Trinajstić information content (AvgIpc) is 2.04. The first-order chi connectivity index (χ1) is 6.07. The Hall–Kier alpha value is -0.0100. The maximum Gasteiger partial charge on any atom is 0.281 e. The Morgan fingerprint density at radius 2 is 2.23 bits per heavy atom. The van der Waals surface area contributed by atoms with Crippen molar-refractivity contribution in [2.75, 3.05) is 0 Å². The molecular formula is C7H5ClF2INO. The minimum atomic E-state index is -2.64. The molecule has 1 aromatic heterocycles. The Labute approximate surface area is 92.1 Å². The van der Waals surface area contributed by atoms with Crippen molar-refractivity contribution in [3.05, 3.63) is 26.0 Å². The van der Waals surface area contributed by atoms with E-state index in [1.54, 1.807) is 22.6 Å². The van der Waals surface area contributed by atoms with Crippen molar-refractivity contribution in [3.8, 4) is 0 Å². The van der Waals surface area contributed by atoms with Crippen LogP contribution in [0.3, 0.4) is 0 Å². The molecule has 72 valence electrons. The number of halogens is 4. The van der Waals surface area contributed by atoms with Crippen LogP contribution in [0.1, 0.15) is 17.7 Å². The smallest absolute Gasteiger partial charge is 0.281 e. The number of hydrogen-bond donors (Lipinski definition) is 1. The van der Waals surface area contributed by atoms with Gasteiger partial charge in [-0.05, 0) is 22.6 Å². The first kappa shape index (κ1) is 11.1. The highest BCUT2D eigenvalue weighted by Crippen LogP contribution is 2.28. The summed E-state index contributed by atoms with van der Waals surface area (Å²) in [6.07, 6.45) is -1.52. The van der Waals surface area contributed by atoms with Crippen molar-refractivity contribution in [2.24, 2.45) is 0 Å². The van der Waals surface area contributed by atoms with E-state index >= 15 is 0 Å². The minimum Gasteiger partial charge on any atom is -0.392 e. The van der Waals surface area contributed by atoms with Crippen LogP contribution in [0.25, 0.3) is 0 Å². The van der Waals surface area contributed by atoms with E-state index in [9.17, 15) is 8.78 Å². The van der Waals surface area contributed by atoms with Gasteiger partial charge < -0.3 is 5.11 Å². The quantitative estimate of drug-likeness (QED) is 0.850. The van der Waals surface area contributed by atoms with Gasteiger partial charge in [0.25, 0.3) is 6.43 Å². The van der Waals surface area contributed by atoms with Gasteiger partial charge >= 0.3 is 0 Å². The van der Waals surface area contributed by atoms with Gasteiger partial charge in [-0.2, -0.15) is 0 Å². The molecule has 1 aromatic rings. The Morgan fingerprint density at radius 3 is 2.69 bits per heavy atom. The highest BCUT2D eigenvalue weighted by Gasteiger charge is 2.17. The summed E-state index contributed by atoms with van der Waals surface area (Å²) >= 11 is 7.33. The number of aliphatic hydroxyl groups is 1. The standard InChI is InChI=1S/C7H5ClF2INO/c8-4-1-12-6(7(9)10)5(11)3(4)2-13/h1,7,13H,2H2. The third-order valence-electron chi connectivity index (χ3n) is 1.46. The van der Waals surface area contributed by atoms with Crippen LogP contribution in [0.4, 0.5) is 8.78 Å². The molecule has 1 N–H and O–H groups in total. The molecule has 0 unspecified atom stereocenters. The maximum absolute atomic E-state index is 12.3. The van der Waals surface area contributed by atoms with Crippen LogP contribution in [0.2, 0.25) is 5.02 Å². The van der Waals surface area contributed by atoms with Gasteiger partial charge in [0.05, 0.1) is 11.6 Å². The first-order valence-electron chi connectivity index (χ1n) is 3.29. The van der Waals surface area contributed by atoms with Crippen molar-refractivity contribution >= 4 is 34.2 Å². The van der Waals surface area contributed by atoms with Crippen LogP contribution < -0.4 is 0 Å². The summed E-state index contributed by atoms with van der Waals surface area (Å²) in [5.41, 5.74) is -0.0402. The molecule has 0 radical (unpaired) electrons. The Balaban J connectivity index is 3.27. The molecule has 0 aromatic carbocycles. The maximum atomic E-state index is 12.3. The molecular weight excluding hydrogens is 314 g/mol. The van der Waals surface area contributed by atoms with E-state index in [2.05, 4.69) is 4.98 Å². The number of nitrogens with zero attached hydrogens (tertiary/aromatic N) is 1. The third kappa shape index (κ3) is 2.26. The molecule has 0 amide bonds. The monoisotopic (exact) mass is 319 g/mol. The van der Waals surface area contributed by atoms with E-state index in [0.717, 1.165) is 6.20 Å². The number of pyridine rings is 1. The molecule has 0 aliphatic rings. The van der Waals surface area contributed by atoms with Gasteiger partial charge in [-0.3, -0.25) is 4.98 Å². The molecule has 0 saturated carbocycles.